The van der Waals surface area contributed by atoms with Crippen LogP contribution in [0.3, 0.4) is 0 Å². The van der Waals surface area contributed by atoms with Gasteiger partial charge in [-0.1, -0.05) is 11.3 Å². The largest absolute Gasteiger partial charge is 0.497 e. The van der Waals surface area contributed by atoms with Crippen LogP contribution in [0.25, 0.3) is 4.96 Å². The topological polar surface area (TPSA) is 64.9 Å². The molecule has 0 bridgehead atoms. The minimum Gasteiger partial charge on any atom is -0.497 e. The number of nitrogens with one attached hydrogen (secondary N) is 1. The summed E-state index contributed by atoms with van der Waals surface area (Å²) < 4.78 is 12.9. The van der Waals surface area contributed by atoms with Gasteiger partial charge in [0, 0.05) is 36.1 Å². The summed E-state index contributed by atoms with van der Waals surface area (Å²) in [6.07, 6.45) is 4.35. The third-order valence-electron chi connectivity index (χ3n) is 4.26. The minimum atomic E-state index is -0.0725. The van der Waals surface area contributed by atoms with Crippen LogP contribution < -0.4 is 14.8 Å². The second-order valence-electron chi connectivity index (χ2n) is 5.66. The van der Waals surface area contributed by atoms with Crippen molar-refractivity contribution in [2.45, 2.75) is 19.4 Å². The third kappa shape index (κ3) is 2.41. The van der Waals surface area contributed by atoms with Crippen LogP contribution in [-0.2, 0) is 0 Å². The number of fused-ring (bicyclic) bond motifs is 2. The summed E-state index contributed by atoms with van der Waals surface area (Å²) >= 11 is 1.40. The molecule has 1 amide bonds. The first kappa shape index (κ1) is 15.0. The molecule has 3 aromatic rings. The van der Waals surface area contributed by atoms with Crippen LogP contribution in [0.4, 0.5) is 0 Å². The van der Waals surface area contributed by atoms with Gasteiger partial charge in [0.25, 0.3) is 5.91 Å². The molecule has 1 unspecified atom stereocenters. The van der Waals surface area contributed by atoms with Crippen molar-refractivity contribution in [1.82, 2.24) is 14.7 Å². The van der Waals surface area contributed by atoms with E-state index in [1.54, 1.807) is 13.3 Å². The maximum absolute atomic E-state index is 12.7. The number of imidazole rings is 1. The van der Waals surface area contributed by atoms with E-state index >= 15 is 0 Å². The zero-order valence-electron chi connectivity index (χ0n) is 13.4. The highest BCUT2D eigenvalue weighted by molar-refractivity contribution is 7.19. The molecular weight excluding hydrogens is 326 g/mol. The van der Waals surface area contributed by atoms with E-state index in [0.29, 0.717) is 11.5 Å². The molecule has 124 valence electrons. The van der Waals surface area contributed by atoms with Crippen LogP contribution in [-0.4, -0.2) is 29.0 Å². The molecular formula is C17H17N3O3S. The summed E-state index contributed by atoms with van der Waals surface area (Å²) in [5.74, 6) is 1.44. The number of carbonyl (C=O) groups excluding carboxylic acids is 1. The highest BCUT2D eigenvalue weighted by Gasteiger charge is 2.25. The van der Waals surface area contributed by atoms with Gasteiger partial charge in [0.15, 0.2) is 4.96 Å². The Morgan fingerprint density at radius 1 is 1.50 bits per heavy atom. The van der Waals surface area contributed by atoms with Gasteiger partial charge < -0.3 is 14.8 Å². The van der Waals surface area contributed by atoms with Gasteiger partial charge in [0.2, 0.25) is 0 Å². The summed E-state index contributed by atoms with van der Waals surface area (Å²) in [7, 11) is 1.62. The van der Waals surface area contributed by atoms with Gasteiger partial charge in [0.05, 0.1) is 19.8 Å². The Hall–Kier alpha value is -2.54. The number of hydrogen-bond donors (Lipinski definition) is 1. The number of carbonyl (C=O) groups is 1. The normalized spacial score (nSPS) is 16.5. The molecule has 0 radical (unpaired) electrons. The van der Waals surface area contributed by atoms with Crippen molar-refractivity contribution in [2.24, 2.45) is 0 Å². The van der Waals surface area contributed by atoms with E-state index < -0.39 is 0 Å². The van der Waals surface area contributed by atoms with Crippen molar-refractivity contribution in [3.05, 3.63) is 46.7 Å². The first-order valence-electron chi connectivity index (χ1n) is 7.71. The van der Waals surface area contributed by atoms with Gasteiger partial charge in [0.1, 0.15) is 16.4 Å². The van der Waals surface area contributed by atoms with E-state index in [0.717, 1.165) is 34.1 Å². The molecule has 1 aromatic carbocycles. The quantitative estimate of drug-likeness (QED) is 0.794. The lowest BCUT2D eigenvalue weighted by Crippen LogP contribution is -2.32. The van der Waals surface area contributed by atoms with Crippen molar-refractivity contribution in [1.29, 1.82) is 0 Å². The van der Waals surface area contributed by atoms with Crippen LogP contribution in [0.2, 0.25) is 0 Å². The molecule has 24 heavy (non-hydrogen) atoms. The molecule has 0 fully saturated rings. The standard InChI is InChI=1S/C17H17N3O3S/c1-10-15(24-17-18-6-7-20(10)17)16(21)19-13-5-8-23-14-9-11(22-2)3-4-12(13)14/h3-4,6-7,9,13H,5,8H2,1-2H3,(H,19,21). The number of hydrogen-bond acceptors (Lipinski definition) is 5. The van der Waals surface area contributed by atoms with Gasteiger partial charge in [-0.15, -0.1) is 0 Å². The molecule has 0 saturated heterocycles. The SMILES string of the molecule is COc1ccc2c(c1)OCCC2NC(=O)c1sc2nccn2c1C. The highest BCUT2D eigenvalue weighted by Crippen LogP contribution is 2.35. The molecule has 1 aliphatic heterocycles. The monoisotopic (exact) mass is 343 g/mol. The number of rotatable bonds is 3. The first-order chi connectivity index (χ1) is 11.7. The van der Waals surface area contributed by atoms with Crippen LogP contribution >= 0.6 is 11.3 Å². The van der Waals surface area contributed by atoms with E-state index in [2.05, 4.69) is 10.3 Å². The van der Waals surface area contributed by atoms with E-state index in [-0.39, 0.29) is 11.9 Å². The van der Waals surface area contributed by atoms with E-state index in [9.17, 15) is 4.79 Å². The second-order valence-corrected chi connectivity index (χ2v) is 6.64. The van der Waals surface area contributed by atoms with Crippen LogP contribution in [0.15, 0.2) is 30.6 Å². The van der Waals surface area contributed by atoms with Crippen molar-refractivity contribution in [2.75, 3.05) is 13.7 Å². The Morgan fingerprint density at radius 3 is 3.17 bits per heavy atom. The highest BCUT2D eigenvalue weighted by atomic mass is 32.1. The molecule has 1 atom stereocenters. The van der Waals surface area contributed by atoms with Gasteiger partial charge in [-0.25, -0.2) is 4.98 Å². The molecule has 3 heterocycles. The van der Waals surface area contributed by atoms with Crippen molar-refractivity contribution in [3.8, 4) is 11.5 Å². The molecule has 4 rings (SSSR count). The van der Waals surface area contributed by atoms with Crippen molar-refractivity contribution >= 4 is 22.2 Å². The fraction of sp³-hybridized carbons (Fsp3) is 0.294. The summed E-state index contributed by atoms with van der Waals surface area (Å²) in [5.41, 5.74) is 1.89. The zero-order valence-corrected chi connectivity index (χ0v) is 14.2. The maximum atomic E-state index is 12.7. The number of thiazole rings is 1. The van der Waals surface area contributed by atoms with Crippen LogP contribution in [0, 0.1) is 6.92 Å². The van der Waals surface area contributed by atoms with Gasteiger partial charge in [-0.05, 0) is 19.1 Å². The lowest BCUT2D eigenvalue weighted by Gasteiger charge is -2.27. The Labute approximate surface area is 143 Å². The summed E-state index contributed by atoms with van der Waals surface area (Å²) in [4.78, 5) is 18.5. The number of aryl methyl sites for hydroxylation is 1. The zero-order chi connectivity index (χ0) is 16.7. The summed E-state index contributed by atoms with van der Waals surface area (Å²) in [6, 6.07) is 5.63. The van der Waals surface area contributed by atoms with Gasteiger partial charge in [-0.3, -0.25) is 9.20 Å². The summed E-state index contributed by atoms with van der Waals surface area (Å²) in [6.45, 7) is 2.50. The fourth-order valence-electron chi connectivity index (χ4n) is 2.98. The molecule has 0 aliphatic carbocycles. The first-order valence-corrected chi connectivity index (χ1v) is 8.53. The molecule has 1 aliphatic rings. The van der Waals surface area contributed by atoms with Crippen LogP contribution in [0.5, 0.6) is 11.5 Å². The molecule has 6 nitrogen and oxygen atoms in total. The number of nitrogens with zero attached hydrogens (tertiary/aromatic N) is 2. The summed E-state index contributed by atoms with van der Waals surface area (Å²) in [5, 5.41) is 3.13. The third-order valence-corrected chi connectivity index (χ3v) is 5.43. The second kappa shape index (κ2) is 5.83. The smallest absolute Gasteiger partial charge is 0.263 e. The molecule has 7 heteroatoms. The Kier molecular flexibility index (Phi) is 3.65. The average molecular weight is 343 g/mol. The van der Waals surface area contributed by atoms with Crippen LogP contribution in [0.1, 0.15) is 33.4 Å². The Balaban J connectivity index is 1.61. The van der Waals surface area contributed by atoms with E-state index in [4.69, 9.17) is 9.47 Å². The number of amides is 1. The van der Waals surface area contributed by atoms with E-state index in [1.165, 1.54) is 11.3 Å². The van der Waals surface area contributed by atoms with Gasteiger partial charge >= 0.3 is 0 Å². The molecule has 0 saturated carbocycles. The number of methoxy groups -OCH3 is 1. The van der Waals surface area contributed by atoms with E-state index in [1.807, 2.05) is 35.7 Å². The number of benzene rings is 1. The predicted octanol–water partition coefficient (Wildman–Crippen LogP) is 2.97. The number of ether oxygens (including phenoxy) is 2. The predicted molar refractivity (Wildman–Crippen MR) is 91.1 cm³/mol. The maximum Gasteiger partial charge on any atom is 0.263 e. The Morgan fingerprint density at radius 2 is 2.38 bits per heavy atom. The number of aromatic nitrogens is 2. The fourth-order valence-corrected chi connectivity index (χ4v) is 3.97. The molecule has 2 aromatic heterocycles. The van der Waals surface area contributed by atoms with Crippen molar-refractivity contribution in [3.63, 3.8) is 0 Å². The minimum absolute atomic E-state index is 0.0685. The van der Waals surface area contributed by atoms with Gasteiger partial charge in [-0.2, -0.15) is 0 Å². The average Bonchev–Trinajstić information content (AvgIpc) is 3.18. The molecule has 1 N–H and O–H groups in total. The molecule has 0 spiro atoms. The Bertz CT molecular complexity index is 915. The lowest BCUT2D eigenvalue weighted by atomic mass is 10.00. The van der Waals surface area contributed by atoms with Crippen molar-refractivity contribution < 1.29 is 14.3 Å². The lowest BCUT2D eigenvalue weighted by molar-refractivity contribution is 0.0928.